The molecular weight excluding hydrogens is 220 g/mol. The molecule has 1 unspecified atom stereocenters. The molecule has 0 aliphatic rings. The Balaban J connectivity index is 2.57. The van der Waals surface area contributed by atoms with Gasteiger partial charge in [-0.05, 0) is 30.8 Å². The molecule has 0 amide bonds. The number of fused-ring (bicyclic) bond motifs is 1. The fraction of sp³-hybridized carbons (Fsp3) is 0.417. The first kappa shape index (κ1) is 11.4. The molecule has 0 saturated carbocycles. The highest BCUT2D eigenvalue weighted by Gasteiger charge is 2.12. The third-order valence-electron chi connectivity index (χ3n) is 2.82. The largest absolute Gasteiger partial charge is 0.383 e. The number of aromatic amines is 1. The third-order valence-corrected chi connectivity index (χ3v) is 3.12. The van der Waals surface area contributed by atoms with E-state index in [9.17, 15) is 0 Å². The van der Waals surface area contributed by atoms with Crippen LogP contribution in [0.2, 0.25) is 0 Å². The van der Waals surface area contributed by atoms with Gasteiger partial charge in [-0.1, -0.05) is 19.1 Å². The molecule has 1 aromatic carbocycles. The number of imidazole rings is 1. The van der Waals surface area contributed by atoms with Crippen molar-refractivity contribution in [1.82, 2.24) is 9.55 Å². The van der Waals surface area contributed by atoms with E-state index in [2.05, 4.69) is 22.5 Å². The number of aromatic nitrogens is 2. The zero-order valence-electron chi connectivity index (χ0n) is 9.56. The van der Waals surface area contributed by atoms with Gasteiger partial charge >= 0.3 is 0 Å². The maximum Gasteiger partial charge on any atom is 0.178 e. The molecule has 3 nitrogen and oxygen atoms in total. The van der Waals surface area contributed by atoms with E-state index >= 15 is 0 Å². The van der Waals surface area contributed by atoms with Crippen molar-refractivity contribution in [2.75, 3.05) is 13.7 Å². The Morgan fingerprint density at radius 2 is 2.19 bits per heavy atom. The minimum Gasteiger partial charge on any atom is -0.383 e. The third kappa shape index (κ3) is 1.90. The predicted octanol–water partition coefficient (Wildman–Crippen LogP) is 3.30. The van der Waals surface area contributed by atoms with Gasteiger partial charge in [0.15, 0.2) is 4.77 Å². The highest BCUT2D eigenvalue weighted by atomic mass is 32.1. The number of nitrogens with zero attached hydrogens (tertiary/aromatic N) is 1. The maximum absolute atomic E-state index is 5.36. The van der Waals surface area contributed by atoms with E-state index in [0.29, 0.717) is 12.6 Å². The van der Waals surface area contributed by atoms with Crippen LogP contribution in [0.3, 0.4) is 0 Å². The second-order valence-corrected chi connectivity index (χ2v) is 4.22. The molecule has 0 saturated heterocycles. The fourth-order valence-electron chi connectivity index (χ4n) is 2.00. The number of hydrogen-bond acceptors (Lipinski definition) is 2. The molecule has 1 atom stereocenters. The van der Waals surface area contributed by atoms with Crippen LogP contribution in [-0.2, 0) is 4.74 Å². The molecule has 16 heavy (non-hydrogen) atoms. The molecule has 0 aliphatic carbocycles. The van der Waals surface area contributed by atoms with Crippen molar-refractivity contribution in [3.8, 4) is 0 Å². The first-order valence-corrected chi connectivity index (χ1v) is 5.87. The van der Waals surface area contributed by atoms with E-state index in [4.69, 9.17) is 17.0 Å². The van der Waals surface area contributed by atoms with Crippen LogP contribution >= 0.6 is 12.2 Å². The van der Waals surface area contributed by atoms with Crippen molar-refractivity contribution in [1.29, 1.82) is 0 Å². The molecule has 2 aromatic rings. The lowest BCUT2D eigenvalue weighted by atomic mass is 10.2. The van der Waals surface area contributed by atoms with E-state index in [-0.39, 0.29) is 0 Å². The predicted molar refractivity (Wildman–Crippen MR) is 68.3 cm³/mol. The average Bonchev–Trinajstić information content (AvgIpc) is 2.62. The van der Waals surface area contributed by atoms with E-state index < -0.39 is 0 Å². The summed E-state index contributed by atoms with van der Waals surface area (Å²) in [4.78, 5) is 3.22. The zero-order chi connectivity index (χ0) is 11.5. The lowest BCUT2D eigenvalue weighted by Gasteiger charge is -2.16. The van der Waals surface area contributed by atoms with Crippen molar-refractivity contribution < 1.29 is 4.74 Å². The summed E-state index contributed by atoms with van der Waals surface area (Å²) in [5, 5.41) is 0. The van der Waals surface area contributed by atoms with Crippen LogP contribution in [0.5, 0.6) is 0 Å². The molecule has 1 N–H and O–H groups in total. The second-order valence-electron chi connectivity index (χ2n) is 3.83. The van der Waals surface area contributed by atoms with Gasteiger partial charge in [0.2, 0.25) is 0 Å². The zero-order valence-corrected chi connectivity index (χ0v) is 10.4. The number of nitrogens with one attached hydrogen (secondary N) is 1. The van der Waals surface area contributed by atoms with Gasteiger partial charge < -0.3 is 14.3 Å². The summed E-state index contributed by atoms with van der Waals surface area (Å²) in [6, 6.07) is 8.46. The molecule has 2 rings (SSSR count). The molecule has 1 aromatic heterocycles. The van der Waals surface area contributed by atoms with Gasteiger partial charge in [0.1, 0.15) is 0 Å². The van der Waals surface area contributed by atoms with Crippen LogP contribution in [0.1, 0.15) is 19.4 Å². The van der Waals surface area contributed by atoms with Crippen LogP contribution in [-0.4, -0.2) is 23.3 Å². The standard InChI is InChI=1S/C12H16N2OS/c1-3-9(8-15-2)14-11-7-5-4-6-10(11)13-12(14)16/h4-7,9H,3,8H2,1-2H3,(H,13,16). The van der Waals surface area contributed by atoms with Crippen LogP contribution in [0.15, 0.2) is 24.3 Å². The molecule has 86 valence electrons. The number of benzene rings is 1. The quantitative estimate of drug-likeness (QED) is 0.825. The molecule has 0 aliphatic heterocycles. The van der Waals surface area contributed by atoms with E-state index in [0.717, 1.165) is 22.2 Å². The monoisotopic (exact) mass is 236 g/mol. The summed E-state index contributed by atoms with van der Waals surface area (Å²) in [6.07, 6.45) is 1.00. The number of hydrogen-bond donors (Lipinski definition) is 1. The van der Waals surface area contributed by atoms with Crippen molar-refractivity contribution in [2.45, 2.75) is 19.4 Å². The summed E-state index contributed by atoms with van der Waals surface area (Å²) < 4.78 is 8.16. The molecular formula is C12H16N2OS. The minimum absolute atomic E-state index is 0.300. The van der Waals surface area contributed by atoms with Gasteiger partial charge in [-0.3, -0.25) is 0 Å². The highest BCUT2D eigenvalue weighted by molar-refractivity contribution is 7.71. The first-order valence-electron chi connectivity index (χ1n) is 5.46. The van der Waals surface area contributed by atoms with Crippen molar-refractivity contribution in [2.24, 2.45) is 0 Å². The smallest absolute Gasteiger partial charge is 0.178 e. The van der Waals surface area contributed by atoms with E-state index in [1.807, 2.05) is 18.2 Å². The van der Waals surface area contributed by atoms with Gasteiger partial charge in [-0.25, -0.2) is 0 Å². The number of methoxy groups -OCH3 is 1. The number of ether oxygens (including phenoxy) is 1. The average molecular weight is 236 g/mol. The van der Waals surface area contributed by atoms with E-state index in [1.54, 1.807) is 7.11 Å². The fourth-order valence-corrected chi connectivity index (χ4v) is 2.36. The van der Waals surface area contributed by atoms with Gasteiger partial charge in [-0.2, -0.15) is 0 Å². The van der Waals surface area contributed by atoms with Crippen LogP contribution < -0.4 is 0 Å². The summed E-state index contributed by atoms with van der Waals surface area (Å²) in [5.74, 6) is 0. The van der Waals surface area contributed by atoms with Gasteiger partial charge in [0, 0.05) is 7.11 Å². The summed E-state index contributed by atoms with van der Waals surface area (Å²) in [6.45, 7) is 2.83. The van der Waals surface area contributed by atoms with Gasteiger partial charge in [-0.15, -0.1) is 0 Å². The molecule has 0 bridgehead atoms. The van der Waals surface area contributed by atoms with Crippen molar-refractivity contribution in [3.05, 3.63) is 29.0 Å². The Labute approximate surface area is 100 Å². The number of rotatable bonds is 4. The summed E-state index contributed by atoms with van der Waals surface area (Å²) in [7, 11) is 1.72. The Hall–Kier alpha value is -1.13. The Morgan fingerprint density at radius 3 is 2.88 bits per heavy atom. The maximum atomic E-state index is 5.36. The number of para-hydroxylation sites is 2. The van der Waals surface area contributed by atoms with Crippen LogP contribution in [0.4, 0.5) is 0 Å². The normalized spacial score (nSPS) is 13.1. The van der Waals surface area contributed by atoms with E-state index in [1.165, 1.54) is 0 Å². The van der Waals surface area contributed by atoms with Crippen LogP contribution in [0, 0.1) is 4.77 Å². The van der Waals surface area contributed by atoms with Gasteiger partial charge in [0.25, 0.3) is 0 Å². The minimum atomic E-state index is 0.300. The second kappa shape index (κ2) is 4.80. The van der Waals surface area contributed by atoms with Crippen molar-refractivity contribution >= 4 is 23.3 Å². The molecule has 0 fully saturated rings. The lowest BCUT2D eigenvalue weighted by Crippen LogP contribution is -2.13. The Morgan fingerprint density at radius 1 is 1.44 bits per heavy atom. The molecule has 1 heterocycles. The summed E-state index contributed by atoms with van der Waals surface area (Å²) in [5.41, 5.74) is 2.23. The van der Waals surface area contributed by atoms with Crippen molar-refractivity contribution in [3.63, 3.8) is 0 Å². The highest BCUT2D eigenvalue weighted by Crippen LogP contribution is 2.21. The topological polar surface area (TPSA) is 29.9 Å². The SMILES string of the molecule is CCC(COC)n1c(=S)[nH]c2ccccc21. The Kier molecular flexibility index (Phi) is 3.41. The summed E-state index contributed by atoms with van der Waals surface area (Å²) >= 11 is 5.36. The first-order chi connectivity index (χ1) is 7.77. The number of H-pyrrole nitrogens is 1. The van der Waals surface area contributed by atoms with Gasteiger partial charge in [0.05, 0.1) is 23.7 Å². The Bertz CT molecular complexity index is 529. The van der Waals surface area contributed by atoms with Crippen LogP contribution in [0.25, 0.3) is 11.0 Å². The molecule has 0 radical (unpaired) electrons. The molecule has 4 heteroatoms. The molecule has 0 spiro atoms. The lowest BCUT2D eigenvalue weighted by molar-refractivity contribution is 0.154.